The van der Waals surface area contributed by atoms with Gasteiger partial charge in [0.1, 0.15) is 5.25 Å². The summed E-state index contributed by atoms with van der Waals surface area (Å²) in [5.41, 5.74) is 1.51. The first-order valence-electron chi connectivity index (χ1n) is 8.28. The Hall–Kier alpha value is -1.85. The van der Waals surface area contributed by atoms with Crippen molar-refractivity contribution < 1.29 is 19.0 Å². The van der Waals surface area contributed by atoms with Crippen LogP contribution >= 0.6 is 34.0 Å². The van der Waals surface area contributed by atoms with E-state index in [0.717, 1.165) is 9.75 Å². The lowest BCUT2D eigenvalue weighted by molar-refractivity contribution is -0.128. The Morgan fingerprint density at radius 3 is 2.39 bits per heavy atom. The lowest BCUT2D eigenvalue weighted by Crippen LogP contribution is -2.38. The van der Waals surface area contributed by atoms with Crippen molar-refractivity contribution in [1.29, 1.82) is 0 Å². The van der Waals surface area contributed by atoms with Crippen LogP contribution in [0.1, 0.15) is 16.1 Å². The van der Waals surface area contributed by atoms with Crippen LogP contribution in [0.5, 0.6) is 0 Å². The van der Waals surface area contributed by atoms with E-state index in [2.05, 4.69) is 23.5 Å². The Morgan fingerprint density at radius 2 is 1.75 bits per heavy atom. The fourth-order valence-electron chi connectivity index (χ4n) is 2.54. The molecule has 0 saturated carbocycles. The van der Waals surface area contributed by atoms with Crippen LogP contribution in [0.25, 0.3) is 19.5 Å². The zero-order valence-electron chi connectivity index (χ0n) is 14.8. The second-order valence-electron chi connectivity index (χ2n) is 5.81. The second-order valence-corrected chi connectivity index (χ2v) is 10.5. The molecule has 0 aliphatic heterocycles. The number of thiophene rings is 3. The third-order valence-corrected chi connectivity index (χ3v) is 8.62. The van der Waals surface area contributed by atoms with Gasteiger partial charge in [0.25, 0.3) is 11.8 Å². The SMILES string of the molecule is CS(=O)C(CCNC(=O)c1ccc(-c2ccc(-c3cccs3)s2)s1)C(=O)NO. The molecular formula is C18H18N2O4S4. The summed E-state index contributed by atoms with van der Waals surface area (Å²) in [6.07, 6.45) is 1.56. The van der Waals surface area contributed by atoms with Gasteiger partial charge in [0.05, 0.1) is 4.88 Å². The predicted molar refractivity (Wildman–Crippen MR) is 116 cm³/mol. The first-order valence-corrected chi connectivity index (χ1v) is 12.4. The number of nitrogens with one attached hydrogen (secondary N) is 2. The average molecular weight is 455 g/mol. The van der Waals surface area contributed by atoms with Crippen LogP contribution < -0.4 is 10.8 Å². The summed E-state index contributed by atoms with van der Waals surface area (Å²) in [5.74, 6) is -0.955. The lowest BCUT2D eigenvalue weighted by Gasteiger charge is -2.12. The average Bonchev–Trinajstić information content (AvgIpc) is 3.43. The van der Waals surface area contributed by atoms with E-state index < -0.39 is 22.0 Å². The minimum Gasteiger partial charge on any atom is -0.351 e. The van der Waals surface area contributed by atoms with Crippen molar-refractivity contribution in [2.45, 2.75) is 11.7 Å². The van der Waals surface area contributed by atoms with Gasteiger partial charge in [-0.25, -0.2) is 5.48 Å². The fourth-order valence-corrected chi connectivity index (χ4v) is 6.19. The van der Waals surface area contributed by atoms with Gasteiger partial charge < -0.3 is 5.32 Å². The zero-order chi connectivity index (χ0) is 20.1. The van der Waals surface area contributed by atoms with Crippen LogP contribution in [0.3, 0.4) is 0 Å². The molecule has 3 N–H and O–H groups in total. The Morgan fingerprint density at radius 1 is 1.07 bits per heavy atom. The van der Waals surface area contributed by atoms with Crippen LogP contribution in [0.4, 0.5) is 0 Å². The number of rotatable bonds is 8. The van der Waals surface area contributed by atoms with Crippen molar-refractivity contribution in [3.63, 3.8) is 0 Å². The Labute approximate surface area is 176 Å². The third kappa shape index (κ3) is 4.95. The molecule has 3 heterocycles. The largest absolute Gasteiger partial charge is 0.351 e. The van der Waals surface area contributed by atoms with Crippen molar-refractivity contribution in [3.8, 4) is 19.5 Å². The van der Waals surface area contributed by atoms with Gasteiger partial charge in [-0.1, -0.05) is 6.07 Å². The van der Waals surface area contributed by atoms with E-state index in [1.165, 1.54) is 32.8 Å². The monoisotopic (exact) mass is 454 g/mol. The summed E-state index contributed by atoms with van der Waals surface area (Å²) in [7, 11) is -1.44. The molecule has 0 bridgehead atoms. The minimum absolute atomic E-state index is 0.175. The van der Waals surface area contributed by atoms with Gasteiger partial charge in [-0.3, -0.25) is 19.0 Å². The molecule has 0 fully saturated rings. The van der Waals surface area contributed by atoms with Gasteiger partial charge in [-0.05, 0) is 42.1 Å². The standard InChI is InChI=1S/C18H18N2O4S4/c1-28(24)16(18(22)20-23)8-9-19-17(21)15-7-6-14(27-15)13-5-4-12(26-13)11-3-2-10-25-11/h2-7,10,16,23H,8-9H2,1H3,(H,19,21)(H,20,22). The minimum atomic E-state index is -1.44. The number of carbonyl (C=O) groups excluding carboxylic acids is 2. The van der Waals surface area contributed by atoms with Gasteiger partial charge in [0.15, 0.2) is 0 Å². The van der Waals surface area contributed by atoms with Crippen molar-refractivity contribution in [2.75, 3.05) is 12.8 Å². The van der Waals surface area contributed by atoms with E-state index >= 15 is 0 Å². The molecule has 0 aliphatic carbocycles. The van der Waals surface area contributed by atoms with Crippen molar-refractivity contribution >= 4 is 56.6 Å². The van der Waals surface area contributed by atoms with E-state index in [0.29, 0.717) is 4.88 Å². The van der Waals surface area contributed by atoms with Crippen LogP contribution in [-0.2, 0) is 15.6 Å². The lowest BCUT2D eigenvalue weighted by atomic mass is 10.3. The highest BCUT2D eigenvalue weighted by molar-refractivity contribution is 7.85. The number of hydrogen-bond donors (Lipinski definition) is 3. The smallest absolute Gasteiger partial charge is 0.261 e. The third-order valence-electron chi connectivity index (χ3n) is 3.94. The molecule has 10 heteroatoms. The summed E-state index contributed by atoms with van der Waals surface area (Å²) in [4.78, 5) is 29.0. The van der Waals surface area contributed by atoms with Gasteiger partial charge in [-0.2, -0.15) is 0 Å². The molecule has 3 aromatic rings. The highest BCUT2D eigenvalue weighted by atomic mass is 32.2. The van der Waals surface area contributed by atoms with Gasteiger partial charge >= 0.3 is 0 Å². The number of hydroxylamine groups is 1. The molecule has 2 unspecified atom stereocenters. The van der Waals surface area contributed by atoms with Gasteiger partial charge in [0.2, 0.25) is 0 Å². The fraction of sp³-hybridized carbons (Fsp3) is 0.222. The topological polar surface area (TPSA) is 95.5 Å². The number of hydrogen-bond acceptors (Lipinski definition) is 7. The summed E-state index contributed by atoms with van der Waals surface area (Å²) in [6.45, 7) is 0.186. The maximum Gasteiger partial charge on any atom is 0.261 e. The van der Waals surface area contributed by atoms with Crippen molar-refractivity contribution in [1.82, 2.24) is 10.8 Å². The Bertz CT molecular complexity index is 978. The highest BCUT2D eigenvalue weighted by Crippen LogP contribution is 2.39. The highest BCUT2D eigenvalue weighted by Gasteiger charge is 2.22. The molecule has 2 atom stereocenters. The number of amides is 2. The van der Waals surface area contributed by atoms with E-state index in [1.807, 2.05) is 17.5 Å². The van der Waals surface area contributed by atoms with E-state index in [1.54, 1.807) is 28.7 Å². The molecule has 148 valence electrons. The Balaban J connectivity index is 1.60. The first kappa shape index (κ1) is 20.9. The zero-order valence-corrected chi connectivity index (χ0v) is 18.1. The van der Waals surface area contributed by atoms with Crippen LogP contribution in [-0.4, -0.2) is 39.3 Å². The molecule has 0 spiro atoms. The maximum absolute atomic E-state index is 12.4. The molecule has 0 aromatic carbocycles. The molecule has 3 rings (SSSR count). The Kier molecular flexibility index (Phi) is 7.13. The molecular weight excluding hydrogens is 436 g/mol. The van der Waals surface area contributed by atoms with Crippen molar-refractivity contribution in [3.05, 3.63) is 46.7 Å². The van der Waals surface area contributed by atoms with Crippen LogP contribution in [0, 0.1) is 0 Å². The van der Waals surface area contributed by atoms with E-state index in [-0.39, 0.29) is 18.9 Å². The maximum atomic E-state index is 12.4. The molecule has 2 amide bonds. The van der Waals surface area contributed by atoms with E-state index in [9.17, 15) is 13.8 Å². The summed E-state index contributed by atoms with van der Waals surface area (Å²) < 4.78 is 11.6. The second kappa shape index (κ2) is 9.57. The van der Waals surface area contributed by atoms with Crippen LogP contribution in [0.15, 0.2) is 41.8 Å². The molecule has 28 heavy (non-hydrogen) atoms. The quantitative estimate of drug-likeness (QED) is 0.358. The molecule has 0 radical (unpaired) electrons. The predicted octanol–water partition coefficient (Wildman–Crippen LogP) is 3.58. The summed E-state index contributed by atoms with van der Waals surface area (Å²) in [5, 5.41) is 12.6. The molecule has 0 saturated heterocycles. The van der Waals surface area contributed by atoms with Gasteiger partial charge in [-0.15, -0.1) is 34.0 Å². The normalized spacial score (nSPS) is 13.1. The van der Waals surface area contributed by atoms with Crippen molar-refractivity contribution in [2.24, 2.45) is 0 Å². The van der Waals surface area contributed by atoms with Gasteiger partial charge in [0, 0.05) is 43.1 Å². The number of carbonyl (C=O) groups is 2. The summed E-state index contributed by atoms with van der Waals surface area (Å²) >= 11 is 4.79. The molecule has 3 aromatic heterocycles. The van der Waals surface area contributed by atoms with Crippen LogP contribution in [0.2, 0.25) is 0 Å². The molecule has 0 aliphatic rings. The summed E-state index contributed by atoms with van der Waals surface area (Å²) in [6, 6.07) is 11.9. The molecule has 6 nitrogen and oxygen atoms in total. The van der Waals surface area contributed by atoms with E-state index in [4.69, 9.17) is 5.21 Å². The first-order chi connectivity index (χ1) is 13.5.